The fraction of sp³-hybridized carbons (Fsp3) is 0.588. The molecule has 5 heteroatoms. The molecule has 0 aliphatic carbocycles. The summed E-state index contributed by atoms with van der Waals surface area (Å²) in [6.45, 7) is 2.89. The van der Waals surface area contributed by atoms with E-state index in [1.807, 2.05) is 24.3 Å². The Morgan fingerprint density at radius 3 is 2.45 bits per heavy atom. The molecule has 0 saturated carbocycles. The number of rotatable bonds is 3. The Bertz CT molecular complexity index is 511. The van der Waals surface area contributed by atoms with Crippen molar-refractivity contribution in [3.05, 3.63) is 29.8 Å². The first-order valence-electron chi connectivity index (χ1n) is 8.05. The van der Waals surface area contributed by atoms with Crippen molar-refractivity contribution in [3.63, 3.8) is 0 Å². The van der Waals surface area contributed by atoms with Crippen LogP contribution in [0.2, 0.25) is 0 Å². The number of amides is 1. The van der Waals surface area contributed by atoms with E-state index in [9.17, 15) is 9.90 Å². The van der Waals surface area contributed by atoms with Crippen molar-refractivity contribution >= 4 is 11.6 Å². The third kappa shape index (κ3) is 3.10. The van der Waals surface area contributed by atoms with E-state index < -0.39 is 6.10 Å². The van der Waals surface area contributed by atoms with Gasteiger partial charge in [0.05, 0.1) is 25.4 Å². The zero-order valence-corrected chi connectivity index (χ0v) is 13.1. The highest BCUT2D eigenvalue weighted by molar-refractivity contribution is 5.94. The number of hydrogen-bond acceptors (Lipinski definition) is 4. The van der Waals surface area contributed by atoms with Gasteiger partial charge < -0.3 is 19.6 Å². The quantitative estimate of drug-likeness (QED) is 0.920. The molecule has 2 saturated heterocycles. The van der Waals surface area contributed by atoms with Crippen LogP contribution < -0.4 is 4.90 Å². The van der Waals surface area contributed by atoms with Crippen molar-refractivity contribution in [1.82, 2.24) is 4.90 Å². The molecule has 0 aromatic heterocycles. The van der Waals surface area contributed by atoms with Crippen LogP contribution in [-0.2, 0) is 4.74 Å². The highest BCUT2D eigenvalue weighted by Crippen LogP contribution is 2.21. The lowest BCUT2D eigenvalue weighted by molar-refractivity contribution is 0.0581. The van der Waals surface area contributed by atoms with Crippen LogP contribution in [0, 0.1) is 0 Å². The third-order valence-corrected chi connectivity index (χ3v) is 4.67. The second kappa shape index (κ2) is 6.67. The predicted octanol–water partition coefficient (Wildman–Crippen LogP) is 1.51. The van der Waals surface area contributed by atoms with E-state index in [0.717, 1.165) is 13.1 Å². The van der Waals surface area contributed by atoms with Gasteiger partial charge in [-0.3, -0.25) is 4.79 Å². The third-order valence-electron chi connectivity index (χ3n) is 4.67. The number of aliphatic hydroxyl groups is 1. The number of carbonyl (C=O) groups is 1. The van der Waals surface area contributed by atoms with Crippen LogP contribution in [0.1, 0.15) is 29.6 Å². The van der Waals surface area contributed by atoms with E-state index in [2.05, 4.69) is 4.90 Å². The van der Waals surface area contributed by atoms with Gasteiger partial charge in [-0.1, -0.05) is 0 Å². The number of piperidine rings is 1. The maximum atomic E-state index is 12.5. The second-order valence-electron chi connectivity index (χ2n) is 6.18. The molecule has 0 unspecified atom stereocenters. The SMILES string of the molecule is CN(C(=O)c1ccc(N2CCCCC2)cc1)[C@H]1COC[C@@H]1O. The fourth-order valence-corrected chi connectivity index (χ4v) is 3.22. The molecule has 22 heavy (non-hydrogen) atoms. The highest BCUT2D eigenvalue weighted by Gasteiger charge is 2.32. The fourth-order valence-electron chi connectivity index (χ4n) is 3.22. The van der Waals surface area contributed by atoms with E-state index in [1.165, 1.54) is 24.9 Å². The Kier molecular flexibility index (Phi) is 4.64. The van der Waals surface area contributed by atoms with Gasteiger partial charge in [-0.2, -0.15) is 0 Å². The molecular formula is C17H24N2O3. The Balaban J connectivity index is 1.67. The van der Waals surface area contributed by atoms with Gasteiger partial charge in [0, 0.05) is 31.4 Å². The average molecular weight is 304 g/mol. The van der Waals surface area contributed by atoms with Crippen molar-refractivity contribution in [2.45, 2.75) is 31.4 Å². The molecule has 1 N–H and O–H groups in total. The number of aliphatic hydroxyl groups excluding tert-OH is 1. The van der Waals surface area contributed by atoms with Gasteiger partial charge in [0.15, 0.2) is 0 Å². The van der Waals surface area contributed by atoms with Crippen molar-refractivity contribution < 1.29 is 14.6 Å². The van der Waals surface area contributed by atoms with Crippen LogP contribution in [0.25, 0.3) is 0 Å². The Labute approximate surface area is 131 Å². The number of ether oxygens (including phenoxy) is 1. The predicted molar refractivity (Wildman–Crippen MR) is 85.2 cm³/mol. The number of carbonyl (C=O) groups excluding carboxylic acids is 1. The van der Waals surface area contributed by atoms with Crippen LogP contribution in [-0.4, -0.2) is 61.4 Å². The molecule has 2 atom stereocenters. The summed E-state index contributed by atoms with van der Waals surface area (Å²) in [6.07, 6.45) is 3.19. The summed E-state index contributed by atoms with van der Waals surface area (Å²) in [6, 6.07) is 7.55. The Hall–Kier alpha value is -1.59. The number of anilines is 1. The number of benzene rings is 1. The molecule has 2 aliphatic heterocycles. The van der Waals surface area contributed by atoms with Crippen LogP contribution in [0.15, 0.2) is 24.3 Å². The average Bonchev–Trinajstić information content (AvgIpc) is 3.00. The van der Waals surface area contributed by atoms with Crippen molar-refractivity contribution in [2.75, 3.05) is 38.3 Å². The number of hydrogen-bond donors (Lipinski definition) is 1. The molecule has 0 spiro atoms. The number of likely N-dealkylation sites (N-methyl/N-ethyl adjacent to an activating group) is 1. The summed E-state index contributed by atoms with van der Waals surface area (Å²) in [5, 5.41) is 9.84. The number of nitrogens with zero attached hydrogens (tertiary/aromatic N) is 2. The minimum Gasteiger partial charge on any atom is -0.388 e. The van der Waals surface area contributed by atoms with Gasteiger partial charge in [-0.05, 0) is 43.5 Å². The maximum absolute atomic E-state index is 12.5. The van der Waals surface area contributed by atoms with Crippen LogP contribution in [0.4, 0.5) is 5.69 Å². The van der Waals surface area contributed by atoms with Gasteiger partial charge in [0.2, 0.25) is 0 Å². The molecule has 2 aliphatic rings. The molecule has 2 heterocycles. The van der Waals surface area contributed by atoms with Crippen LogP contribution in [0.3, 0.4) is 0 Å². The smallest absolute Gasteiger partial charge is 0.254 e. The lowest BCUT2D eigenvalue weighted by Crippen LogP contribution is -2.44. The lowest BCUT2D eigenvalue weighted by atomic mass is 10.1. The van der Waals surface area contributed by atoms with Gasteiger partial charge in [-0.25, -0.2) is 0 Å². The molecule has 3 rings (SSSR count). The summed E-state index contributed by atoms with van der Waals surface area (Å²) in [5.41, 5.74) is 1.84. The van der Waals surface area contributed by atoms with Crippen molar-refractivity contribution in [1.29, 1.82) is 0 Å². The summed E-state index contributed by atoms with van der Waals surface area (Å²) in [4.78, 5) is 16.5. The molecule has 0 bridgehead atoms. The molecule has 120 valence electrons. The van der Waals surface area contributed by atoms with E-state index in [-0.39, 0.29) is 11.9 Å². The highest BCUT2D eigenvalue weighted by atomic mass is 16.5. The molecule has 5 nitrogen and oxygen atoms in total. The largest absolute Gasteiger partial charge is 0.388 e. The zero-order valence-electron chi connectivity index (χ0n) is 13.1. The summed E-state index contributed by atoms with van der Waals surface area (Å²) in [5.74, 6) is -0.0697. The summed E-state index contributed by atoms with van der Waals surface area (Å²) >= 11 is 0. The molecule has 2 fully saturated rings. The Morgan fingerprint density at radius 2 is 1.86 bits per heavy atom. The minimum atomic E-state index is -0.596. The second-order valence-corrected chi connectivity index (χ2v) is 6.18. The molecule has 0 radical (unpaired) electrons. The minimum absolute atomic E-state index is 0.0697. The molecule has 1 amide bonds. The first-order chi connectivity index (χ1) is 10.7. The van der Waals surface area contributed by atoms with Crippen molar-refractivity contribution in [3.8, 4) is 0 Å². The van der Waals surface area contributed by atoms with Crippen LogP contribution in [0.5, 0.6) is 0 Å². The first kappa shape index (κ1) is 15.3. The van der Waals surface area contributed by atoms with Gasteiger partial charge in [-0.15, -0.1) is 0 Å². The van der Waals surface area contributed by atoms with E-state index >= 15 is 0 Å². The standard InChI is InChI=1S/C17H24N2O3/c1-18(15-11-22-12-16(15)20)17(21)13-5-7-14(8-6-13)19-9-3-2-4-10-19/h5-8,15-16,20H,2-4,9-12H2,1H3/t15-,16-/m0/s1. The van der Waals surface area contributed by atoms with Crippen molar-refractivity contribution in [2.24, 2.45) is 0 Å². The molecule has 1 aromatic carbocycles. The maximum Gasteiger partial charge on any atom is 0.254 e. The molecular weight excluding hydrogens is 280 g/mol. The van der Waals surface area contributed by atoms with Gasteiger partial charge in [0.25, 0.3) is 5.91 Å². The monoisotopic (exact) mass is 304 g/mol. The van der Waals surface area contributed by atoms with E-state index in [4.69, 9.17) is 4.74 Å². The summed E-state index contributed by atoms with van der Waals surface area (Å²) in [7, 11) is 1.73. The normalized spacial score (nSPS) is 25.3. The van der Waals surface area contributed by atoms with E-state index in [1.54, 1.807) is 11.9 Å². The van der Waals surface area contributed by atoms with Crippen LogP contribution >= 0.6 is 0 Å². The van der Waals surface area contributed by atoms with E-state index in [0.29, 0.717) is 18.8 Å². The van der Waals surface area contributed by atoms with Gasteiger partial charge in [0.1, 0.15) is 0 Å². The molecule has 1 aromatic rings. The first-order valence-corrected chi connectivity index (χ1v) is 8.05. The van der Waals surface area contributed by atoms with Gasteiger partial charge >= 0.3 is 0 Å². The zero-order chi connectivity index (χ0) is 15.5. The lowest BCUT2D eigenvalue weighted by Gasteiger charge is -2.29. The topological polar surface area (TPSA) is 53.0 Å². The Morgan fingerprint density at radius 1 is 1.18 bits per heavy atom. The summed E-state index contributed by atoms with van der Waals surface area (Å²) < 4.78 is 5.22.